The van der Waals surface area contributed by atoms with E-state index in [-0.39, 0.29) is 13.2 Å². The number of amides is 1. The van der Waals surface area contributed by atoms with Gasteiger partial charge in [0.25, 0.3) is 0 Å². The van der Waals surface area contributed by atoms with Gasteiger partial charge in [-0.3, -0.25) is 0 Å². The van der Waals surface area contributed by atoms with Gasteiger partial charge < -0.3 is 34.8 Å². The van der Waals surface area contributed by atoms with Gasteiger partial charge in [0.1, 0.15) is 31.0 Å². The summed E-state index contributed by atoms with van der Waals surface area (Å²) in [5, 5.41) is 32.5. The molecule has 1 fully saturated rings. The number of alkyl carbamates (subject to hydrolysis) is 1. The van der Waals surface area contributed by atoms with E-state index in [2.05, 4.69) is 10.1 Å². The molecule has 27 heavy (non-hydrogen) atoms. The molecule has 2 rings (SSSR count). The quantitative estimate of drug-likeness (QED) is 0.486. The zero-order chi connectivity index (χ0) is 20.0. The molecule has 1 aliphatic rings. The zero-order valence-corrected chi connectivity index (χ0v) is 16.3. The molecular weight excluding hydrogens is 425 g/mol. The molecule has 8 nitrogen and oxygen atoms in total. The number of hydrogen-bond donors (Lipinski definition) is 4. The van der Waals surface area contributed by atoms with Crippen molar-refractivity contribution >= 4 is 40.9 Å². The molecule has 0 aromatic heterocycles. The van der Waals surface area contributed by atoms with Crippen LogP contribution in [0.15, 0.2) is 30.3 Å². The van der Waals surface area contributed by atoms with Gasteiger partial charge in [-0.15, -0.1) is 0 Å². The summed E-state index contributed by atoms with van der Waals surface area (Å²) >= 11 is 16.4. The molecule has 1 saturated heterocycles. The van der Waals surface area contributed by atoms with Crippen molar-refractivity contribution in [1.82, 2.24) is 5.32 Å². The van der Waals surface area contributed by atoms with Crippen LogP contribution in [0.2, 0.25) is 0 Å². The summed E-state index contributed by atoms with van der Waals surface area (Å²) in [6.07, 6.45) is -6.59. The van der Waals surface area contributed by atoms with Gasteiger partial charge in [0.05, 0.1) is 13.2 Å². The Hall–Kier alpha value is -0.840. The first-order chi connectivity index (χ1) is 12.7. The molecule has 152 valence electrons. The van der Waals surface area contributed by atoms with E-state index >= 15 is 0 Å². The number of halogens is 3. The Labute approximate surface area is 170 Å². The fraction of sp³-hybridized carbons (Fsp3) is 0.562. The second kappa shape index (κ2) is 10.1. The van der Waals surface area contributed by atoms with Gasteiger partial charge in [-0.05, 0) is 5.56 Å². The van der Waals surface area contributed by atoms with Gasteiger partial charge in [0, 0.05) is 0 Å². The van der Waals surface area contributed by atoms with Gasteiger partial charge in [0.2, 0.25) is 3.79 Å². The van der Waals surface area contributed by atoms with Crippen LogP contribution >= 0.6 is 34.8 Å². The number of carbonyl (C=O) groups is 1. The van der Waals surface area contributed by atoms with Gasteiger partial charge in [-0.2, -0.15) is 0 Å². The zero-order valence-electron chi connectivity index (χ0n) is 14.0. The lowest BCUT2D eigenvalue weighted by Gasteiger charge is -2.40. The molecule has 1 heterocycles. The molecule has 0 aliphatic carbocycles. The fourth-order valence-electron chi connectivity index (χ4n) is 2.43. The highest BCUT2D eigenvalue weighted by Gasteiger charge is 2.45. The molecule has 0 unspecified atom stereocenters. The average Bonchev–Trinajstić information content (AvgIpc) is 2.61. The second-order valence-corrected chi connectivity index (χ2v) is 8.42. The SMILES string of the molecule is O=C(N[C@@H]1[C@@H](O)[C@H](O)[C@@H](COCc2ccccc2)O[C@@H]1O)OCC(Cl)(Cl)Cl. The van der Waals surface area contributed by atoms with Crippen LogP contribution in [0, 0.1) is 0 Å². The van der Waals surface area contributed by atoms with E-state index in [1.165, 1.54) is 0 Å². The Morgan fingerprint density at radius 3 is 2.44 bits per heavy atom. The van der Waals surface area contributed by atoms with E-state index < -0.39 is 47.1 Å². The summed E-state index contributed by atoms with van der Waals surface area (Å²) in [5.74, 6) is 0. The Bertz CT molecular complexity index is 601. The Morgan fingerprint density at radius 2 is 1.81 bits per heavy atom. The molecule has 0 bridgehead atoms. The van der Waals surface area contributed by atoms with Crippen molar-refractivity contribution in [2.75, 3.05) is 13.2 Å². The van der Waals surface area contributed by atoms with E-state index in [0.29, 0.717) is 0 Å². The standard InChI is InChI=1S/C16H20Cl3NO7/c17-16(18,19)8-26-15(24)20-11-13(22)12(21)10(27-14(11)23)7-25-6-9-4-2-1-3-5-9/h1-5,10-14,21-23H,6-8H2,(H,20,24)/t10-,11-,12-,13-,14+/m1/s1. The second-order valence-electron chi connectivity index (χ2n) is 5.91. The third-order valence-corrected chi connectivity index (χ3v) is 4.09. The number of aliphatic hydroxyl groups excluding tert-OH is 3. The molecule has 11 heteroatoms. The molecule has 1 aromatic rings. The minimum absolute atomic E-state index is 0.0748. The third kappa shape index (κ3) is 7.24. The van der Waals surface area contributed by atoms with E-state index in [0.717, 1.165) is 5.56 Å². The van der Waals surface area contributed by atoms with Gasteiger partial charge in [0.15, 0.2) is 6.29 Å². The molecule has 0 radical (unpaired) electrons. The van der Waals surface area contributed by atoms with Crippen LogP contribution in [-0.2, 0) is 20.8 Å². The summed E-state index contributed by atoms with van der Waals surface area (Å²) in [7, 11) is 0. The lowest BCUT2D eigenvalue weighted by atomic mass is 9.97. The number of nitrogens with one attached hydrogen (secondary N) is 1. The summed E-state index contributed by atoms with van der Waals surface area (Å²) in [5.41, 5.74) is 0.917. The Kier molecular flexibility index (Phi) is 8.39. The lowest BCUT2D eigenvalue weighted by Crippen LogP contribution is -2.64. The molecule has 1 amide bonds. The fourth-order valence-corrected chi connectivity index (χ4v) is 2.60. The Balaban J connectivity index is 1.83. The molecular formula is C16H20Cl3NO7. The summed E-state index contributed by atoms with van der Waals surface area (Å²) in [4.78, 5) is 11.7. The maximum Gasteiger partial charge on any atom is 0.407 e. The van der Waals surface area contributed by atoms with Crippen molar-refractivity contribution in [2.24, 2.45) is 0 Å². The molecule has 4 N–H and O–H groups in total. The van der Waals surface area contributed by atoms with Crippen LogP contribution in [0.3, 0.4) is 0 Å². The van der Waals surface area contributed by atoms with Crippen LogP contribution in [0.4, 0.5) is 4.79 Å². The third-order valence-electron chi connectivity index (χ3n) is 3.77. The molecule has 5 atom stereocenters. The normalized spacial score (nSPS) is 28.6. The van der Waals surface area contributed by atoms with Crippen LogP contribution in [0.1, 0.15) is 5.56 Å². The molecule has 0 spiro atoms. The Morgan fingerprint density at radius 1 is 1.15 bits per heavy atom. The van der Waals surface area contributed by atoms with Gasteiger partial charge in [-0.1, -0.05) is 65.1 Å². The highest BCUT2D eigenvalue weighted by Crippen LogP contribution is 2.26. The number of rotatable bonds is 6. The van der Waals surface area contributed by atoms with Crippen molar-refractivity contribution in [3.8, 4) is 0 Å². The van der Waals surface area contributed by atoms with E-state index in [1.54, 1.807) is 0 Å². The summed E-state index contributed by atoms with van der Waals surface area (Å²) in [6.45, 7) is -0.346. The molecule has 1 aliphatic heterocycles. The number of benzene rings is 1. The van der Waals surface area contributed by atoms with Crippen LogP contribution in [-0.4, -0.2) is 69.1 Å². The smallest absolute Gasteiger partial charge is 0.407 e. The number of carbonyl (C=O) groups excluding carboxylic acids is 1. The van der Waals surface area contributed by atoms with Crippen molar-refractivity contribution in [3.05, 3.63) is 35.9 Å². The predicted octanol–water partition coefficient (Wildman–Crippen LogP) is 1.11. The van der Waals surface area contributed by atoms with Crippen molar-refractivity contribution in [2.45, 2.75) is 41.0 Å². The van der Waals surface area contributed by atoms with Crippen LogP contribution < -0.4 is 5.32 Å². The lowest BCUT2D eigenvalue weighted by molar-refractivity contribution is -0.256. The monoisotopic (exact) mass is 443 g/mol. The first-order valence-corrected chi connectivity index (χ1v) is 9.12. The number of hydrogen-bond acceptors (Lipinski definition) is 7. The van der Waals surface area contributed by atoms with E-state index in [1.807, 2.05) is 30.3 Å². The summed E-state index contributed by atoms with van der Waals surface area (Å²) < 4.78 is 13.5. The minimum atomic E-state index is -1.81. The van der Waals surface area contributed by atoms with Crippen molar-refractivity contribution in [3.63, 3.8) is 0 Å². The first-order valence-electron chi connectivity index (χ1n) is 7.99. The number of ether oxygens (including phenoxy) is 3. The molecule has 1 aromatic carbocycles. The highest BCUT2D eigenvalue weighted by molar-refractivity contribution is 6.67. The van der Waals surface area contributed by atoms with Crippen molar-refractivity contribution in [1.29, 1.82) is 0 Å². The first kappa shape index (κ1) is 22.4. The number of alkyl halides is 3. The summed E-state index contributed by atoms with van der Waals surface area (Å²) in [6, 6.07) is 7.98. The maximum atomic E-state index is 11.7. The minimum Gasteiger partial charge on any atom is -0.445 e. The van der Waals surface area contributed by atoms with Crippen LogP contribution in [0.25, 0.3) is 0 Å². The van der Waals surface area contributed by atoms with Gasteiger partial charge >= 0.3 is 6.09 Å². The average molecular weight is 445 g/mol. The van der Waals surface area contributed by atoms with E-state index in [4.69, 9.17) is 44.3 Å². The van der Waals surface area contributed by atoms with Crippen LogP contribution in [0.5, 0.6) is 0 Å². The topological polar surface area (TPSA) is 117 Å². The highest BCUT2D eigenvalue weighted by atomic mass is 35.6. The maximum absolute atomic E-state index is 11.7. The predicted molar refractivity (Wildman–Crippen MR) is 97.6 cm³/mol. The largest absolute Gasteiger partial charge is 0.445 e. The number of aliphatic hydroxyl groups is 3. The van der Waals surface area contributed by atoms with E-state index in [9.17, 15) is 20.1 Å². The van der Waals surface area contributed by atoms with Crippen molar-refractivity contribution < 1.29 is 34.3 Å². The van der Waals surface area contributed by atoms with Gasteiger partial charge in [-0.25, -0.2) is 4.79 Å². The molecule has 0 saturated carbocycles.